The molecule has 1 aromatic rings. The lowest BCUT2D eigenvalue weighted by molar-refractivity contribution is -0.208. The monoisotopic (exact) mass is 491 g/mol. The van der Waals surface area contributed by atoms with Gasteiger partial charge in [0, 0.05) is 44.0 Å². The van der Waals surface area contributed by atoms with Crippen LogP contribution in [-0.2, 0) is 9.47 Å². The summed E-state index contributed by atoms with van der Waals surface area (Å²) in [6.07, 6.45) is 6.41. The Morgan fingerprint density at radius 1 is 1.00 bits per heavy atom. The lowest BCUT2D eigenvalue weighted by Gasteiger charge is -2.57. The molecule has 4 fully saturated rings. The fraction of sp³-hybridized carbons (Fsp3) is 0.677. The first-order valence-corrected chi connectivity index (χ1v) is 13.8. The number of allylic oxidation sites excluding steroid dienone is 1. The van der Waals surface area contributed by atoms with E-state index in [-0.39, 0.29) is 11.3 Å². The number of benzene rings is 1. The molecule has 0 amide bonds. The van der Waals surface area contributed by atoms with Gasteiger partial charge in [-0.1, -0.05) is 30.6 Å². The smallest absolute Gasteiger partial charge is 0.171 e. The van der Waals surface area contributed by atoms with Gasteiger partial charge in [-0.2, -0.15) is 0 Å². The molecular weight excluding hydrogens is 450 g/mol. The second-order valence-electron chi connectivity index (χ2n) is 12.4. The minimum Gasteiger partial charge on any atom is -0.385 e. The van der Waals surface area contributed by atoms with E-state index in [9.17, 15) is 10.2 Å². The van der Waals surface area contributed by atoms with E-state index in [2.05, 4.69) is 62.0 Å². The highest BCUT2D eigenvalue weighted by Crippen LogP contribution is 2.67. The van der Waals surface area contributed by atoms with Crippen LogP contribution in [0.15, 0.2) is 35.4 Å². The SMILES string of the molecule is CC#CC1(O)CC[C@H]2[C@@H]3CCC4(O)CC5(CCC4=C3[C@H](c3ccc(N(C)C)cc3)C[C@@]21C)OCCO5. The maximum atomic E-state index is 12.1. The number of nitrogens with zero attached hydrogens (tertiary/aromatic N) is 1. The van der Waals surface area contributed by atoms with Gasteiger partial charge >= 0.3 is 0 Å². The summed E-state index contributed by atoms with van der Waals surface area (Å²) in [5.74, 6) is 6.58. The highest BCUT2D eigenvalue weighted by Gasteiger charge is 2.64. The van der Waals surface area contributed by atoms with Gasteiger partial charge in [0.2, 0.25) is 0 Å². The van der Waals surface area contributed by atoms with Crippen molar-refractivity contribution in [1.29, 1.82) is 0 Å². The molecular formula is C31H41NO4. The Hall–Kier alpha value is -1.84. The number of hydrogen-bond acceptors (Lipinski definition) is 5. The Bertz CT molecular complexity index is 1120. The first-order valence-electron chi connectivity index (χ1n) is 13.8. The Morgan fingerprint density at radius 2 is 1.72 bits per heavy atom. The molecule has 5 heteroatoms. The van der Waals surface area contributed by atoms with Gasteiger partial charge < -0.3 is 24.6 Å². The molecule has 1 aromatic carbocycles. The van der Waals surface area contributed by atoms with E-state index in [1.165, 1.54) is 22.4 Å². The molecule has 1 saturated heterocycles. The molecule has 0 radical (unpaired) electrons. The number of ether oxygens (including phenoxy) is 2. The number of anilines is 1. The molecule has 6 rings (SSSR count). The van der Waals surface area contributed by atoms with Crippen molar-refractivity contribution in [3.63, 3.8) is 0 Å². The second kappa shape index (κ2) is 8.33. The quantitative estimate of drug-likeness (QED) is 0.461. The normalized spacial score (nSPS) is 40.8. The number of hydrogen-bond donors (Lipinski definition) is 2. The summed E-state index contributed by atoms with van der Waals surface area (Å²) in [4.78, 5) is 2.13. The highest BCUT2D eigenvalue weighted by molar-refractivity contribution is 5.50. The number of aliphatic hydroxyl groups is 2. The molecule has 4 aliphatic carbocycles. The summed E-state index contributed by atoms with van der Waals surface area (Å²) in [5.41, 5.74) is 3.04. The van der Waals surface area contributed by atoms with Crippen LogP contribution in [0.1, 0.15) is 76.7 Å². The van der Waals surface area contributed by atoms with Gasteiger partial charge in [0.05, 0.1) is 18.8 Å². The highest BCUT2D eigenvalue weighted by atomic mass is 16.7. The maximum absolute atomic E-state index is 12.1. The van der Waals surface area contributed by atoms with Crippen LogP contribution in [-0.4, -0.2) is 54.5 Å². The van der Waals surface area contributed by atoms with Crippen molar-refractivity contribution in [2.75, 3.05) is 32.2 Å². The van der Waals surface area contributed by atoms with Crippen molar-refractivity contribution in [1.82, 2.24) is 0 Å². The lowest BCUT2D eigenvalue weighted by Crippen LogP contribution is -2.55. The third-order valence-corrected chi connectivity index (χ3v) is 10.5. The fourth-order valence-electron chi connectivity index (χ4n) is 8.73. The number of fused-ring (bicyclic) bond motifs is 4. The van der Waals surface area contributed by atoms with E-state index < -0.39 is 17.0 Å². The molecule has 0 aromatic heterocycles. The van der Waals surface area contributed by atoms with Crippen molar-refractivity contribution in [2.24, 2.45) is 17.3 Å². The average Bonchev–Trinajstić information content (AvgIpc) is 3.40. The van der Waals surface area contributed by atoms with Gasteiger partial charge in [-0.05, 0) is 80.6 Å². The Morgan fingerprint density at radius 3 is 2.39 bits per heavy atom. The van der Waals surface area contributed by atoms with E-state index in [0.29, 0.717) is 31.5 Å². The molecule has 6 atom stereocenters. The van der Waals surface area contributed by atoms with Crippen LogP contribution < -0.4 is 4.90 Å². The predicted octanol–water partition coefficient (Wildman–Crippen LogP) is 4.78. The summed E-state index contributed by atoms with van der Waals surface area (Å²) < 4.78 is 12.1. The molecule has 194 valence electrons. The summed E-state index contributed by atoms with van der Waals surface area (Å²) in [7, 11) is 4.13. The minimum absolute atomic E-state index is 0.164. The molecule has 2 unspecified atom stereocenters. The first-order chi connectivity index (χ1) is 17.1. The van der Waals surface area contributed by atoms with Crippen LogP contribution in [0.4, 0.5) is 5.69 Å². The Balaban J connectivity index is 1.48. The van der Waals surface area contributed by atoms with Crippen LogP contribution in [0, 0.1) is 29.1 Å². The van der Waals surface area contributed by atoms with Gasteiger partial charge in [-0.25, -0.2) is 0 Å². The molecule has 1 aliphatic heterocycles. The minimum atomic E-state index is -0.958. The van der Waals surface area contributed by atoms with Gasteiger partial charge in [0.25, 0.3) is 0 Å². The molecule has 36 heavy (non-hydrogen) atoms. The molecule has 5 nitrogen and oxygen atoms in total. The van der Waals surface area contributed by atoms with Crippen molar-refractivity contribution in [3.05, 3.63) is 41.0 Å². The summed E-state index contributed by atoms with van der Waals surface area (Å²) in [6, 6.07) is 8.91. The summed E-state index contributed by atoms with van der Waals surface area (Å²) >= 11 is 0. The molecule has 1 heterocycles. The Kier molecular flexibility index (Phi) is 5.67. The molecule has 3 saturated carbocycles. The van der Waals surface area contributed by atoms with Crippen molar-refractivity contribution in [3.8, 4) is 11.8 Å². The molecule has 1 spiro atoms. The van der Waals surface area contributed by atoms with Gasteiger partial charge in [-0.3, -0.25) is 0 Å². The summed E-state index contributed by atoms with van der Waals surface area (Å²) in [5, 5.41) is 24.0. The van der Waals surface area contributed by atoms with Crippen LogP contribution in [0.3, 0.4) is 0 Å². The van der Waals surface area contributed by atoms with E-state index >= 15 is 0 Å². The first kappa shape index (κ1) is 24.5. The third-order valence-electron chi connectivity index (χ3n) is 10.5. The van der Waals surface area contributed by atoms with Crippen molar-refractivity contribution in [2.45, 2.75) is 88.1 Å². The summed E-state index contributed by atoms with van der Waals surface area (Å²) in [6.45, 7) is 5.36. The third kappa shape index (κ3) is 3.45. The van der Waals surface area contributed by atoms with Gasteiger partial charge in [0.15, 0.2) is 5.79 Å². The zero-order chi connectivity index (χ0) is 25.3. The van der Waals surface area contributed by atoms with Crippen LogP contribution in [0.5, 0.6) is 0 Å². The lowest BCUT2D eigenvalue weighted by atomic mass is 9.49. The van der Waals surface area contributed by atoms with Crippen LogP contribution in [0.25, 0.3) is 0 Å². The molecule has 2 N–H and O–H groups in total. The Labute approximate surface area is 215 Å². The predicted molar refractivity (Wildman–Crippen MR) is 141 cm³/mol. The zero-order valence-corrected chi connectivity index (χ0v) is 22.3. The topological polar surface area (TPSA) is 62.2 Å². The van der Waals surface area contributed by atoms with Crippen LogP contribution in [0.2, 0.25) is 0 Å². The molecule has 5 aliphatic rings. The van der Waals surface area contributed by atoms with Crippen molar-refractivity contribution < 1.29 is 19.7 Å². The standard InChI is InChI=1S/C31H41NO4/c1-5-13-30(34)15-11-25-23-10-14-29(33)20-31(35-17-18-36-31)16-12-26(29)27(23)24(19-28(25,30)2)21-6-8-22(9-7-21)32(3)4/h6-9,23-25,33-34H,10-12,14-20H2,1-4H3/t23-,24-,25-,28-,29?,30?/m0/s1. The molecule has 0 bridgehead atoms. The average molecular weight is 492 g/mol. The van der Waals surface area contributed by atoms with Gasteiger partial charge in [0.1, 0.15) is 5.60 Å². The number of rotatable bonds is 2. The van der Waals surface area contributed by atoms with E-state index in [0.717, 1.165) is 44.9 Å². The van der Waals surface area contributed by atoms with Crippen LogP contribution >= 0.6 is 0 Å². The van der Waals surface area contributed by atoms with Crippen molar-refractivity contribution >= 4 is 5.69 Å². The van der Waals surface area contributed by atoms with Gasteiger partial charge in [-0.15, -0.1) is 5.92 Å². The largest absolute Gasteiger partial charge is 0.385 e. The maximum Gasteiger partial charge on any atom is 0.171 e. The van der Waals surface area contributed by atoms with E-state index in [1.54, 1.807) is 0 Å². The zero-order valence-electron chi connectivity index (χ0n) is 22.3. The second-order valence-corrected chi connectivity index (χ2v) is 12.4. The fourth-order valence-corrected chi connectivity index (χ4v) is 8.73. The van der Waals surface area contributed by atoms with E-state index in [1.807, 2.05) is 6.92 Å². The van der Waals surface area contributed by atoms with E-state index in [4.69, 9.17) is 9.47 Å².